The van der Waals surface area contributed by atoms with Gasteiger partial charge in [-0.3, -0.25) is 9.78 Å². The summed E-state index contributed by atoms with van der Waals surface area (Å²) in [6.45, 7) is 4.80. The van der Waals surface area contributed by atoms with Crippen molar-refractivity contribution < 1.29 is 14.7 Å². The normalized spacial score (nSPS) is 10.3. The number of carboxylic acid groups (broad SMARTS) is 1. The number of rotatable bonds is 3. The lowest BCUT2D eigenvalue weighted by Crippen LogP contribution is -2.12. The number of aromatic carboxylic acids is 1. The van der Waals surface area contributed by atoms with Crippen LogP contribution in [0.5, 0.6) is 0 Å². The van der Waals surface area contributed by atoms with Crippen LogP contribution in [0, 0.1) is 13.8 Å². The highest BCUT2D eigenvalue weighted by Gasteiger charge is 2.23. The highest BCUT2D eigenvalue weighted by molar-refractivity contribution is 6.08. The lowest BCUT2D eigenvalue weighted by atomic mass is 9.91. The number of hydrogen-bond acceptors (Lipinski definition) is 3. The van der Waals surface area contributed by atoms with E-state index >= 15 is 0 Å². The molecule has 1 heterocycles. The zero-order valence-electron chi connectivity index (χ0n) is 11.6. The van der Waals surface area contributed by atoms with E-state index in [1.54, 1.807) is 26.0 Å². The molecule has 4 heteroatoms. The summed E-state index contributed by atoms with van der Waals surface area (Å²) < 4.78 is 0. The fourth-order valence-corrected chi connectivity index (χ4v) is 2.44. The van der Waals surface area contributed by atoms with Gasteiger partial charge in [0.1, 0.15) is 0 Å². The maximum atomic E-state index is 11.9. The number of carboxylic acids is 1. The third kappa shape index (κ3) is 2.32. The molecule has 0 saturated carbocycles. The molecule has 1 aromatic carbocycles. The molecular formula is C16H15NO3. The quantitative estimate of drug-likeness (QED) is 0.868. The van der Waals surface area contributed by atoms with Gasteiger partial charge in [-0.05, 0) is 26.3 Å². The van der Waals surface area contributed by atoms with Crippen LogP contribution in [0.25, 0.3) is 11.1 Å². The van der Waals surface area contributed by atoms with E-state index in [4.69, 9.17) is 0 Å². The highest BCUT2D eigenvalue weighted by atomic mass is 16.4. The van der Waals surface area contributed by atoms with Gasteiger partial charge in [0.2, 0.25) is 0 Å². The summed E-state index contributed by atoms with van der Waals surface area (Å²) in [4.78, 5) is 27.7. The number of benzene rings is 1. The van der Waals surface area contributed by atoms with Gasteiger partial charge in [-0.1, -0.05) is 30.3 Å². The lowest BCUT2D eigenvalue weighted by Gasteiger charge is -2.15. The van der Waals surface area contributed by atoms with Crippen LogP contribution in [0.4, 0.5) is 0 Å². The molecule has 0 amide bonds. The number of hydrogen-bond donors (Lipinski definition) is 1. The predicted octanol–water partition coefficient (Wildman–Crippen LogP) is 3.27. The second-order valence-corrected chi connectivity index (χ2v) is 4.63. The summed E-state index contributed by atoms with van der Waals surface area (Å²) in [6, 6.07) is 9.07. The third-order valence-corrected chi connectivity index (χ3v) is 3.19. The molecule has 2 aromatic rings. The van der Waals surface area contributed by atoms with E-state index in [1.165, 1.54) is 6.92 Å². The number of pyridine rings is 1. The van der Waals surface area contributed by atoms with E-state index in [0.29, 0.717) is 28.1 Å². The Morgan fingerprint density at radius 2 is 1.55 bits per heavy atom. The second-order valence-electron chi connectivity index (χ2n) is 4.63. The molecule has 0 unspecified atom stereocenters. The van der Waals surface area contributed by atoms with Crippen molar-refractivity contribution in [2.45, 2.75) is 20.8 Å². The maximum Gasteiger partial charge on any atom is 0.338 e. The van der Waals surface area contributed by atoms with Gasteiger partial charge in [-0.25, -0.2) is 4.79 Å². The predicted molar refractivity (Wildman–Crippen MR) is 76.1 cm³/mol. The molecule has 0 atom stereocenters. The van der Waals surface area contributed by atoms with Crippen molar-refractivity contribution in [2.24, 2.45) is 0 Å². The Balaban J connectivity index is 2.94. The van der Waals surface area contributed by atoms with Crippen molar-refractivity contribution in [1.82, 2.24) is 4.98 Å². The topological polar surface area (TPSA) is 67.3 Å². The largest absolute Gasteiger partial charge is 0.478 e. The summed E-state index contributed by atoms with van der Waals surface area (Å²) in [6.07, 6.45) is 0. The van der Waals surface area contributed by atoms with Gasteiger partial charge in [-0.2, -0.15) is 0 Å². The number of aryl methyl sites for hydroxylation is 2. The molecule has 102 valence electrons. The van der Waals surface area contributed by atoms with Crippen molar-refractivity contribution in [3.63, 3.8) is 0 Å². The van der Waals surface area contributed by atoms with Crippen LogP contribution in [-0.4, -0.2) is 21.8 Å². The molecule has 1 aromatic heterocycles. The Kier molecular flexibility index (Phi) is 3.66. The third-order valence-electron chi connectivity index (χ3n) is 3.19. The van der Waals surface area contributed by atoms with E-state index in [9.17, 15) is 14.7 Å². The zero-order valence-corrected chi connectivity index (χ0v) is 11.6. The fourth-order valence-electron chi connectivity index (χ4n) is 2.44. The van der Waals surface area contributed by atoms with Gasteiger partial charge >= 0.3 is 5.97 Å². The van der Waals surface area contributed by atoms with Crippen LogP contribution in [0.2, 0.25) is 0 Å². The van der Waals surface area contributed by atoms with Crippen LogP contribution < -0.4 is 0 Å². The van der Waals surface area contributed by atoms with Crippen LogP contribution in [0.15, 0.2) is 30.3 Å². The molecule has 0 aliphatic heterocycles. The van der Waals surface area contributed by atoms with Crippen molar-refractivity contribution >= 4 is 11.8 Å². The van der Waals surface area contributed by atoms with E-state index in [0.717, 1.165) is 0 Å². The lowest BCUT2D eigenvalue weighted by molar-refractivity contribution is 0.0696. The SMILES string of the molecule is CC(=O)c1c(C)nc(C)c(C(=O)O)c1-c1ccccc1. The number of ketones is 1. The number of carbonyl (C=O) groups is 2. The van der Waals surface area contributed by atoms with Gasteiger partial charge in [0, 0.05) is 16.8 Å². The Hall–Kier alpha value is -2.49. The van der Waals surface area contributed by atoms with Crippen LogP contribution in [0.1, 0.15) is 39.0 Å². The van der Waals surface area contributed by atoms with Crippen LogP contribution in [0.3, 0.4) is 0 Å². The summed E-state index contributed by atoms with van der Waals surface area (Å²) in [7, 11) is 0. The Bertz CT molecular complexity index is 652. The van der Waals surface area contributed by atoms with Crippen LogP contribution >= 0.6 is 0 Å². The molecule has 20 heavy (non-hydrogen) atoms. The van der Waals surface area contributed by atoms with Gasteiger partial charge in [0.05, 0.1) is 11.3 Å². The molecule has 0 aliphatic rings. The summed E-state index contributed by atoms with van der Waals surface area (Å²) in [5.41, 5.74) is 2.60. The summed E-state index contributed by atoms with van der Waals surface area (Å²) in [5, 5.41) is 9.45. The van der Waals surface area contributed by atoms with Gasteiger partial charge in [0.25, 0.3) is 0 Å². The molecule has 0 radical (unpaired) electrons. The standard InChI is InChI=1S/C16H15NO3/c1-9-13(11(3)18)15(12-7-5-4-6-8-12)14(16(19)20)10(2)17-9/h4-8H,1-3H3,(H,19,20). The van der Waals surface area contributed by atoms with Crippen molar-refractivity contribution in [3.8, 4) is 11.1 Å². The van der Waals surface area contributed by atoms with Gasteiger partial charge in [-0.15, -0.1) is 0 Å². The first-order valence-corrected chi connectivity index (χ1v) is 6.24. The molecule has 1 N–H and O–H groups in total. The molecule has 0 fully saturated rings. The minimum atomic E-state index is -1.07. The van der Waals surface area contributed by atoms with Gasteiger partial charge in [0.15, 0.2) is 5.78 Å². The molecule has 0 spiro atoms. The monoisotopic (exact) mass is 269 g/mol. The summed E-state index contributed by atoms with van der Waals surface area (Å²) >= 11 is 0. The van der Waals surface area contributed by atoms with E-state index < -0.39 is 5.97 Å². The smallest absolute Gasteiger partial charge is 0.338 e. The van der Waals surface area contributed by atoms with E-state index in [1.807, 2.05) is 18.2 Å². The van der Waals surface area contributed by atoms with Crippen molar-refractivity contribution in [1.29, 1.82) is 0 Å². The fraction of sp³-hybridized carbons (Fsp3) is 0.188. The summed E-state index contributed by atoms with van der Waals surface area (Å²) in [5.74, 6) is -1.26. The number of aromatic nitrogens is 1. The Labute approximate surface area is 117 Å². The van der Waals surface area contributed by atoms with E-state index in [2.05, 4.69) is 4.98 Å². The van der Waals surface area contributed by atoms with E-state index in [-0.39, 0.29) is 11.3 Å². The first-order valence-electron chi connectivity index (χ1n) is 6.24. The number of Topliss-reactive ketones (excluding diaryl/α,β-unsaturated/α-hetero) is 1. The molecule has 4 nitrogen and oxygen atoms in total. The van der Waals surface area contributed by atoms with Gasteiger partial charge < -0.3 is 5.11 Å². The first kappa shape index (κ1) is 13.9. The minimum absolute atomic E-state index is 0.0898. The average molecular weight is 269 g/mol. The zero-order chi connectivity index (χ0) is 14.9. The number of nitrogens with zero attached hydrogens (tertiary/aromatic N) is 1. The molecule has 0 aliphatic carbocycles. The molecular weight excluding hydrogens is 254 g/mol. The highest BCUT2D eigenvalue weighted by Crippen LogP contribution is 2.31. The van der Waals surface area contributed by atoms with Crippen molar-refractivity contribution in [2.75, 3.05) is 0 Å². The maximum absolute atomic E-state index is 11.9. The molecule has 0 saturated heterocycles. The average Bonchev–Trinajstić information content (AvgIpc) is 2.37. The Morgan fingerprint density at radius 3 is 2.05 bits per heavy atom. The first-order chi connectivity index (χ1) is 9.43. The Morgan fingerprint density at radius 1 is 1.00 bits per heavy atom. The van der Waals surface area contributed by atoms with Crippen LogP contribution in [-0.2, 0) is 0 Å². The molecule has 0 bridgehead atoms. The second kappa shape index (κ2) is 5.25. The molecule has 2 rings (SSSR count). The van der Waals surface area contributed by atoms with Crippen molar-refractivity contribution in [3.05, 3.63) is 52.8 Å². The number of carbonyl (C=O) groups excluding carboxylic acids is 1. The minimum Gasteiger partial charge on any atom is -0.478 e.